The number of nitrogens with one attached hydrogen (secondary N) is 3. The van der Waals surface area contributed by atoms with Crippen molar-refractivity contribution in [3.8, 4) is 5.75 Å². The van der Waals surface area contributed by atoms with Crippen LogP contribution < -0.4 is 20.7 Å². The Bertz CT molecular complexity index is 595. The summed E-state index contributed by atoms with van der Waals surface area (Å²) >= 11 is 0. The Morgan fingerprint density at radius 3 is 2.69 bits per heavy atom. The zero-order valence-corrected chi connectivity index (χ0v) is 15.0. The second kappa shape index (κ2) is 9.54. The van der Waals surface area contributed by atoms with Crippen molar-refractivity contribution in [1.82, 2.24) is 16.0 Å². The lowest BCUT2D eigenvalue weighted by Crippen LogP contribution is -2.44. The fourth-order valence-corrected chi connectivity index (χ4v) is 2.79. The highest BCUT2D eigenvalue weighted by Gasteiger charge is 2.23. The van der Waals surface area contributed by atoms with E-state index in [0.717, 1.165) is 31.4 Å². The molecule has 0 aromatic heterocycles. The minimum atomic E-state index is -0.0721. The molecular formula is C19H27N3O4. The highest BCUT2D eigenvalue weighted by molar-refractivity contribution is 5.78. The van der Waals surface area contributed by atoms with Gasteiger partial charge in [0.25, 0.3) is 5.91 Å². The molecule has 1 aromatic rings. The molecule has 2 amide bonds. The van der Waals surface area contributed by atoms with E-state index in [0.29, 0.717) is 38.0 Å². The lowest BCUT2D eigenvalue weighted by atomic mass is 10.1. The van der Waals surface area contributed by atoms with Crippen LogP contribution in [0.15, 0.2) is 24.3 Å². The normalized spacial score (nSPS) is 19.6. The average Bonchev–Trinajstić information content (AvgIpc) is 3.46. The molecule has 0 spiro atoms. The number of morpholine rings is 1. The standard InChI is InChI=1S/C19H27N3O4/c23-18(11-16-12-25-10-9-20-16)21-8-7-14-1-5-17(6-2-14)26-13-19(24)22-15-3-4-15/h1-2,5-6,15-16,20H,3-4,7-13H2,(H,21,23)(H,22,24). The third-order valence-electron chi connectivity index (χ3n) is 4.40. The maximum absolute atomic E-state index is 11.9. The largest absolute Gasteiger partial charge is 0.484 e. The van der Waals surface area contributed by atoms with E-state index in [1.54, 1.807) is 0 Å². The Hall–Kier alpha value is -2.12. The first kappa shape index (κ1) is 18.7. The van der Waals surface area contributed by atoms with E-state index in [1.807, 2.05) is 24.3 Å². The second-order valence-corrected chi connectivity index (χ2v) is 6.80. The number of benzene rings is 1. The van der Waals surface area contributed by atoms with Gasteiger partial charge in [-0.15, -0.1) is 0 Å². The number of rotatable bonds is 9. The van der Waals surface area contributed by atoms with Crippen LogP contribution in [0, 0.1) is 0 Å². The molecule has 0 radical (unpaired) electrons. The first-order valence-corrected chi connectivity index (χ1v) is 9.28. The van der Waals surface area contributed by atoms with E-state index in [4.69, 9.17) is 9.47 Å². The molecule has 3 rings (SSSR count). The van der Waals surface area contributed by atoms with Gasteiger partial charge < -0.3 is 25.4 Å². The highest BCUT2D eigenvalue weighted by Crippen LogP contribution is 2.18. The van der Waals surface area contributed by atoms with Gasteiger partial charge in [-0.2, -0.15) is 0 Å². The van der Waals surface area contributed by atoms with Crippen LogP contribution in [-0.2, 0) is 20.7 Å². The number of hydrogen-bond donors (Lipinski definition) is 3. The SMILES string of the molecule is O=C(CC1COCCN1)NCCc1ccc(OCC(=O)NC2CC2)cc1. The second-order valence-electron chi connectivity index (χ2n) is 6.80. The lowest BCUT2D eigenvalue weighted by Gasteiger charge is -2.23. The molecule has 2 aliphatic rings. The number of amides is 2. The van der Waals surface area contributed by atoms with E-state index in [-0.39, 0.29) is 24.5 Å². The van der Waals surface area contributed by atoms with Crippen molar-refractivity contribution in [1.29, 1.82) is 0 Å². The summed E-state index contributed by atoms with van der Waals surface area (Å²) in [5.41, 5.74) is 1.11. The fourth-order valence-electron chi connectivity index (χ4n) is 2.79. The molecular weight excluding hydrogens is 334 g/mol. The molecule has 0 bridgehead atoms. The fraction of sp³-hybridized carbons (Fsp3) is 0.579. The van der Waals surface area contributed by atoms with E-state index >= 15 is 0 Å². The third-order valence-corrected chi connectivity index (χ3v) is 4.40. The molecule has 2 fully saturated rings. The molecule has 142 valence electrons. The van der Waals surface area contributed by atoms with Gasteiger partial charge in [0, 0.05) is 31.6 Å². The first-order valence-electron chi connectivity index (χ1n) is 9.28. The number of carbonyl (C=O) groups excluding carboxylic acids is 2. The Morgan fingerprint density at radius 2 is 2.00 bits per heavy atom. The molecule has 26 heavy (non-hydrogen) atoms. The van der Waals surface area contributed by atoms with Crippen LogP contribution in [-0.4, -0.2) is 56.8 Å². The minimum absolute atomic E-state index is 0.0367. The third kappa shape index (κ3) is 6.65. The number of ether oxygens (including phenoxy) is 2. The van der Waals surface area contributed by atoms with Crippen molar-refractivity contribution in [3.63, 3.8) is 0 Å². The monoisotopic (exact) mass is 361 g/mol. The predicted octanol–water partition coefficient (Wildman–Crippen LogP) is 0.381. The number of carbonyl (C=O) groups is 2. The molecule has 7 heteroatoms. The van der Waals surface area contributed by atoms with E-state index in [2.05, 4.69) is 16.0 Å². The van der Waals surface area contributed by atoms with Gasteiger partial charge in [0.2, 0.25) is 5.91 Å². The topological polar surface area (TPSA) is 88.7 Å². The van der Waals surface area contributed by atoms with E-state index in [9.17, 15) is 9.59 Å². The van der Waals surface area contributed by atoms with Gasteiger partial charge in [-0.3, -0.25) is 9.59 Å². The quantitative estimate of drug-likeness (QED) is 0.592. The van der Waals surface area contributed by atoms with E-state index in [1.165, 1.54) is 0 Å². The molecule has 1 aliphatic carbocycles. The Morgan fingerprint density at radius 1 is 1.19 bits per heavy atom. The average molecular weight is 361 g/mol. The van der Waals surface area contributed by atoms with Crippen LogP contribution in [0.2, 0.25) is 0 Å². The van der Waals surface area contributed by atoms with Gasteiger partial charge in [0.1, 0.15) is 5.75 Å². The summed E-state index contributed by atoms with van der Waals surface area (Å²) in [6.07, 6.45) is 3.34. The maximum atomic E-state index is 11.9. The molecule has 1 heterocycles. The van der Waals surface area contributed by atoms with Crippen LogP contribution in [0.3, 0.4) is 0 Å². The van der Waals surface area contributed by atoms with Crippen molar-refractivity contribution in [2.75, 3.05) is 32.9 Å². The summed E-state index contributed by atoms with van der Waals surface area (Å²) in [7, 11) is 0. The van der Waals surface area contributed by atoms with Crippen LogP contribution in [0.1, 0.15) is 24.8 Å². The number of hydrogen-bond acceptors (Lipinski definition) is 5. The lowest BCUT2D eigenvalue weighted by molar-refractivity contribution is -0.123. The van der Waals surface area contributed by atoms with Gasteiger partial charge in [-0.25, -0.2) is 0 Å². The van der Waals surface area contributed by atoms with Gasteiger partial charge >= 0.3 is 0 Å². The van der Waals surface area contributed by atoms with Gasteiger partial charge in [0.15, 0.2) is 6.61 Å². The summed E-state index contributed by atoms with van der Waals surface area (Å²) in [5, 5.41) is 9.09. The Kier molecular flexibility index (Phi) is 6.85. The van der Waals surface area contributed by atoms with Crippen molar-refractivity contribution < 1.29 is 19.1 Å². The summed E-state index contributed by atoms with van der Waals surface area (Å²) in [5.74, 6) is 0.638. The Labute approximate surface area is 153 Å². The van der Waals surface area contributed by atoms with Gasteiger partial charge in [0.05, 0.1) is 13.2 Å². The molecule has 1 saturated carbocycles. The van der Waals surface area contributed by atoms with Crippen molar-refractivity contribution >= 4 is 11.8 Å². The van der Waals surface area contributed by atoms with Crippen LogP contribution in [0.5, 0.6) is 5.75 Å². The summed E-state index contributed by atoms with van der Waals surface area (Å²) in [4.78, 5) is 23.5. The van der Waals surface area contributed by atoms with Crippen molar-refractivity contribution in [2.24, 2.45) is 0 Å². The van der Waals surface area contributed by atoms with E-state index < -0.39 is 0 Å². The van der Waals surface area contributed by atoms with Gasteiger partial charge in [-0.1, -0.05) is 12.1 Å². The van der Waals surface area contributed by atoms with Crippen LogP contribution in [0.4, 0.5) is 0 Å². The van der Waals surface area contributed by atoms with Crippen molar-refractivity contribution in [2.45, 2.75) is 37.8 Å². The van der Waals surface area contributed by atoms with Crippen LogP contribution in [0.25, 0.3) is 0 Å². The highest BCUT2D eigenvalue weighted by atomic mass is 16.5. The molecule has 7 nitrogen and oxygen atoms in total. The van der Waals surface area contributed by atoms with Crippen molar-refractivity contribution in [3.05, 3.63) is 29.8 Å². The minimum Gasteiger partial charge on any atom is -0.484 e. The molecule has 3 N–H and O–H groups in total. The molecule has 1 aliphatic heterocycles. The zero-order chi connectivity index (χ0) is 18.2. The summed E-state index contributed by atoms with van der Waals surface area (Å²) in [6.45, 7) is 2.74. The summed E-state index contributed by atoms with van der Waals surface area (Å²) in [6, 6.07) is 8.07. The maximum Gasteiger partial charge on any atom is 0.258 e. The molecule has 1 unspecified atom stereocenters. The van der Waals surface area contributed by atoms with Gasteiger partial charge in [-0.05, 0) is 37.0 Å². The Balaban J connectivity index is 1.30. The first-order chi connectivity index (χ1) is 12.7. The van der Waals surface area contributed by atoms with Crippen LogP contribution >= 0.6 is 0 Å². The zero-order valence-electron chi connectivity index (χ0n) is 15.0. The molecule has 1 saturated heterocycles. The summed E-state index contributed by atoms with van der Waals surface area (Å²) < 4.78 is 10.8. The molecule has 1 aromatic carbocycles. The smallest absolute Gasteiger partial charge is 0.258 e. The molecule has 1 atom stereocenters. The predicted molar refractivity (Wildman–Crippen MR) is 97.0 cm³/mol.